The molecule has 1 atom stereocenters. The van der Waals surface area contributed by atoms with Crippen molar-refractivity contribution in [2.24, 2.45) is 0 Å². The Balaban J connectivity index is 1.78. The normalized spacial score (nSPS) is 11.8. The molecule has 0 saturated carbocycles. The molecular weight excluding hydrogens is 304 g/mol. The number of aliphatic carboxylic acids is 1. The van der Waals surface area contributed by atoms with E-state index >= 15 is 0 Å². The SMILES string of the molecule is O=C(N[C@@H](Cc1ccccc1)C(=O)O)c1ccc2ccccc2n1. The van der Waals surface area contributed by atoms with Crippen LogP contribution in [0.2, 0.25) is 0 Å². The molecule has 24 heavy (non-hydrogen) atoms. The summed E-state index contributed by atoms with van der Waals surface area (Å²) in [7, 11) is 0. The third-order valence-corrected chi connectivity index (χ3v) is 3.72. The molecule has 3 aromatic rings. The standard InChI is InChI=1S/C19H16N2O3/c22-18(16-11-10-14-8-4-5-9-15(14)20-16)21-17(19(23)24)12-13-6-2-1-3-7-13/h1-11,17H,12H2,(H,21,22)(H,23,24)/t17-/m0/s1. The average molecular weight is 320 g/mol. The van der Waals surface area contributed by atoms with Crippen LogP contribution < -0.4 is 5.32 Å². The van der Waals surface area contributed by atoms with Crippen molar-refractivity contribution < 1.29 is 14.7 Å². The highest BCUT2D eigenvalue weighted by Crippen LogP contribution is 2.12. The number of nitrogens with one attached hydrogen (secondary N) is 1. The number of carboxylic acids is 1. The number of carboxylic acid groups (broad SMARTS) is 1. The van der Waals surface area contributed by atoms with Crippen molar-refractivity contribution in [2.45, 2.75) is 12.5 Å². The van der Waals surface area contributed by atoms with Crippen molar-refractivity contribution in [3.05, 3.63) is 78.0 Å². The molecule has 0 fully saturated rings. The van der Waals surface area contributed by atoms with E-state index in [-0.39, 0.29) is 12.1 Å². The van der Waals surface area contributed by atoms with Gasteiger partial charge in [-0.15, -0.1) is 0 Å². The molecule has 1 aromatic heterocycles. The zero-order valence-corrected chi connectivity index (χ0v) is 12.8. The minimum atomic E-state index is -1.08. The third-order valence-electron chi connectivity index (χ3n) is 3.72. The molecule has 0 aliphatic carbocycles. The van der Waals surface area contributed by atoms with Crippen LogP contribution in [0.4, 0.5) is 0 Å². The highest BCUT2D eigenvalue weighted by Gasteiger charge is 2.21. The first-order valence-electron chi connectivity index (χ1n) is 7.57. The molecule has 5 heteroatoms. The number of fused-ring (bicyclic) bond motifs is 1. The van der Waals surface area contributed by atoms with E-state index in [2.05, 4.69) is 10.3 Å². The van der Waals surface area contributed by atoms with Gasteiger partial charge in [-0.25, -0.2) is 9.78 Å². The van der Waals surface area contributed by atoms with Crippen molar-refractivity contribution in [3.63, 3.8) is 0 Å². The molecule has 3 rings (SSSR count). The van der Waals surface area contributed by atoms with Gasteiger partial charge in [0.1, 0.15) is 11.7 Å². The number of aromatic nitrogens is 1. The maximum absolute atomic E-state index is 12.4. The molecule has 120 valence electrons. The summed E-state index contributed by atoms with van der Waals surface area (Å²) in [6.45, 7) is 0. The second-order valence-electron chi connectivity index (χ2n) is 5.44. The summed E-state index contributed by atoms with van der Waals surface area (Å²) in [4.78, 5) is 28.1. The second-order valence-corrected chi connectivity index (χ2v) is 5.44. The van der Waals surface area contributed by atoms with Gasteiger partial charge in [-0.3, -0.25) is 4.79 Å². The molecule has 2 N–H and O–H groups in total. The number of para-hydroxylation sites is 1. The largest absolute Gasteiger partial charge is 0.480 e. The van der Waals surface area contributed by atoms with Gasteiger partial charge >= 0.3 is 5.97 Å². The summed E-state index contributed by atoms with van der Waals surface area (Å²) in [5, 5.41) is 12.8. The molecular formula is C19H16N2O3. The predicted octanol–water partition coefficient (Wildman–Crippen LogP) is 2.66. The van der Waals surface area contributed by atoms with Crippen LogP contribution in [0.15, 0.2) is 66.7 Å². The van der Waals surface area contributed by atoms with E-state index < -0.39 is 17.9 Å². The minimum Gasteiger partial charge on any atom is -0.480 e. The van der Waals surface area contributed by atoms with Crippen LogP contribution in [0.5, 0.6) is 0 Å². The van der Waals surface area contributed by atoms with Gasteiger partial charge in [0.2, 0.25) is 0 Å². The van der Waals surface area contributed by atoms with E-state index in [1.165, 1.54) is 0 Å². The number of nitrogens with zero attached hydrogens (tertiary/aromatic N) is 1. The second kappa shape index (κ2) is 6.91. The van der Waals surface area contributed by atoms with Crippen molar-refractivity contribution >= 4 is 22.8 Å². The molecule has 0 aliphatic rings. The summed E-state index contributed by atoms with van der Waals surface area (Å²) >= 11 is 0. The van der Waals surface area contributed by atoms with E-state index in [0.717, 1.165) is 10.9 Å². The molecule has 1 heterocycles. The zero-order chi connectivity index (χ0) is 16.9. The van der Waals surface area contributed by atoms with Crippen LogP contribution in [-0.2, 0) is 11.2 Å². The summed E-state index contributed by atoms with van der Waals surface area (Å²) < 4.78 is 0. The molecule has 0 saturated heterocycles. The number of hydrogen-bond acceptors (Lipinski definition) is 3. The summed E-state index contributed by atoms with van der Waals surface area (Å²) in [5.41, 5.74) is 1.74. The topological polar surface area (TPSA) is 79.3 Å². The van der Waals surface area contributed by atoms with Gasteiger partial charge in [0.05, 0.1) is 5.52 Å². The lowest BCUT2D eigenvalue weighted by Crippen LogP contribution is -2.42. The van der Waals surface area contributed by atoms with Gasteiger partial charge in [0.25, 0.3) is 5.91 Å². The van der Waals surface area contributed by atoms with Crippen LogP contribution in [0.1, 0.15) is 16.1 Å². The van der Waals surface area contributed by atoms with Gasteiger partial charge < -0.3 is 10.4 Å². The van der Waals surface area contributed by atoms with E-state index in [1.54, 1.807) is 12.1 Å². The Morgan fingerprint density at radius 2 is 1.67 bits per heavy atom. The number of rotatable bonds is 5. The van der Waals surface area contributed by atoms with E-state index in [0.29, 0.717) is 5.52 Å². The van der Waals surface area contributed by atoms with Crippen LogP contribution in [0.3, 0.4) is 0 Å². The smallest absolute Gasteiger partial charge is 0.326 e. The van der Waals surface area contributed by atoms with Crippen LogP contribution in [0, 0.1) is 0 Å². The molecule has 1 amide bonds. The molecule has 2 aromatic carbocycles. The van der Waals surface area contributed by atoms with Crippen molar-refractivity contribution in [1.82, 2.24) is 10.3 Å². The average Bonchev–Trinajstić information content (AvgIpc) is 2.61. The van der Waals surface area contributed by atoms with Crippen LogP contribution in [-0.4, -0.2) is 28.0 Å². The molecule has 0 radical (unpaired) electrons. The fraction of sp³-hybridized carbons (Fsp3) is 0.105. The number of carbonyl (C=O) groups excluding carboxylic acids is 1. The fourth-order valence-electron chi connectivity index (χ4n) is 2.47. The number of amides is 1. The van der Waals surface area contributed by atoms with E-state index in [9.17, 15) is 14.7 Å². The number of pyridine rings is 1. The first-order valence-corrected chi connectivity index (χ1v) is 7.57. The Labute approximate surface area is 139 Å². The van der Waals surface area contributed by atoms with Crippen molar-refractivity contribution in [2.75, 3.05) is 0 Å². The Morgan fingerprint density at radius 3 is 2.42 bits per heavy atom. The Morgan fingerprint density at radius 1 is 0.958 bits per heavy atom. The summed E-state index contributed by atoms with van der Waals surface area (Å²) in [6, 6.07) is 19.0. The number of benzene rings is 2. The first-order chi connectivity index (χ1) is 11.6. The highest BCUT2D eigenvalue weighted by atomic mass is 16.4. The van der Waals surface area contributed by atoms with Gasteiger partial charge in [-0.05, 0) is 17.7 Å². The van der Waals surface area contributed by atoms with Crippen molar-refractivity contribution in [1.29, 1.82) is 0 Å². The van der Waals surface area contributed by atoms with Gasteiger partial charge in [-0.2, -0.15) is 0 Å². The lowest BCUT2D eigenvalue weighted by molar-refractivity contribution is -0.139. The van der Waals surface area contributed by atoms with Gasteiger partial charge in [0, 0.05) is 11.8 Å². The van der Waals surface area contributed by atoms with E-state index in [4.69, 9.17) is 0 Å². The maximum atomic E-state index is 12.4. The number of carbonyl (C=O) groups is 2. The molecule has 0 unspecified atom stereocenters. The Kier molecular flexibility index (Phi) is 4.52. The quantitative estimate of drug-likeness (QED) is 0.757. The minimum absolute atomic E-state index is 0.202. The third kappa shape index (κ3) is 3.57. The van der Waals surface area contributed by atoms with Crippen LogP contribution >= 0.6 is 0 Å². The predicted molar refractivity (Wildman–Crippen MR) is 90.8 cm³/mol. The molecule has 5 nitrogen and oxygen atoms in total. The first kappa shape index (κ1) is 15.7. The van der Waals surface area contributed by atoms with Gasteiger partial charge in [-0.1, -0.05) is 54.6 Å². The molecule has 0 aliphatic heterocycles. The summed E-state index contributed by atoms with van der Waals surface area (Å²) in [5.74, 6) is -1.57. The van der Waals surface area contributed by atoms with Crippen LogP contribution in [0.25, 0.3) is 10.9 Å². The maximum Gasteiger partial charge on any atom is 0.326 e. The molecule has 0 bridgehead atoms. The highest BCUT2D eigenvalue weighted by molar-refractivity contribution is 5.97. The Bertz CT molecular complexity index is 878. The monoisotopic (exact) mass is 320 g/mol. The zero-order valence-electron chi connectivity index (χ0n) is 12.8. The van der Waals surface area contributed by atoms with Crippen molar-refractivity contribution in [3.8, 4) is 0 Å². The molecule has 0 spiro atoms. The number of hydrogen-bond donors (Lipinski definition) is 2. The lowest BCUT2D eigenvalue weighted by atomic mass is 10.1. The summed E-state index contributed by atoms with van der Waals surface area (Å²) in [6.07, 6.45) is 0.218. The van der Waals surface area contributed by atoms with E-state index in [1.807, 2.05) is 54.6 Å². The Hall–Kier alpha value is -3.21. The van der Waals surface area contributed by atoms with Gasteiger partial charge in [0.15, 0.2) is 0 Å². The lowest BCUT2D eigenvalue weighted by Gasteiger charge is -2.14. The fourth-order valence-corrected chi connectivity index (χ4v) is 2.47.